The number of rotatable bonds is 5. The zero-order valence-corrected chi connectivity index (χ0v) is 17.2. The number of methoxy groups -OCH3 is 1. The Morgan fingerprint density at radius 1 is 1.07 bits per heavy atom. The second-order valence-corrected chi connectivity index (χ2v) is 8.78. The molecule has 11 heteroatoms. The Labute approximate surface area is 167 Å². The lowest BCUT2D eigenvalue weighted by Gasteiger charge is -2.18. The SMILES string of the molecule is COc1cc(Cl)ccc1C(=O)NNC(=O)c1ccc(S(=O)(=O)NC(C)(C)C)o1. The molecule has 0 spiro atoms. The summed E-state index contributed by atoms with van der Waals surface area (Å²) in [4.78, 5) is 24.3. The third-order valence-electron chi connectivity index (χ3n) is 3.21. The average Bonchev–Trinajstić information content (AvgIpc) is 3.08. The molecule has 28 heavy (non-hydrogen) atoms. The lowest BCUT2D eigenvalue weighted by molar-refractivity contribution is 0.0826. The number of amides is 2. The minimum absolute atomic E-state index is 0.143. The Kier molecular flexibility index (Phi) is 6.37. The molecule has 1 aromatic carbocycles. The van der Waals surface area contributed by atoms with E-state index in [1.807, 2.05) is 0 Å². The van der Waals surface area contributed by atoms with Crippen molar-refractivity contribution in [3.8, 4) is 5.75 Å². The van der Waals surface area contributed by atoms with Crippen molar-refractivity contribution in [2.75, 3.05) is 7.11 Å². The highest BCUT2D eigenvalue weighted by atomic mass is 35.5. The number of carbonyl (C=O) groups excluding carboxylic acids is 2. The molecule has 0 aliphatic carbocycles. The van der Waals surface area contributed by atoms with Gasteiger partial charge in [0.2, 0.25) is 5.09 Å². The van der Waals surface area contributed by atoms with Crippen molar-refractivity contribution in [2.24, 2.45) is 0 Å². The molecule has 0 saturated carbocycles. The lowest BCUT2D eigenvalue weighted by atomic mass is 10.1. The van der Waals surface area contributed by atoms with Crippen LogP contribution in [0.2, 0.25) is 5.02 Å². The Morgan fingerprint density at radius 3 is 2.32 bits per heavy atom. The normalized spacial score (nSPS) is 11.8. The summed E-state index contributed by atoms with van der Waals surface area (Å²) in [6.45, 7) is 5.00. The molecule has 0 saturated heterocycles. The molecule has 1 heterocycles. The van der Waals surface area contributed by atoms with Gasteiger partial charge in [-0.05, 0) is 51.1 Å². The number of ether oxygens (including phenoxy) is 1. The zero-order valence-electron chi connectivity index (χ0n) is 15.6. The van der Waals surface area contributed by atoms with Crippen molar-refractivity contribution < 1.29 is 27.2 Å². The topological polar surface area (TPSA) is 127 Å². The van der Waals surface area contributed by atoms with Gasteiger partial charge >= 0.3 is 5.91 Å². The van der Waals surface area contributed by atoms with Crippen LogP contribution in [-0.2, 0) is 10.0 Å². The van der Waals surface area contributed by atoms with Gasteiger partial charge in [-0.25, -0.2) is 13.1 Å². The van der Waals surface area contributed by atoms with Gasteiger partial charge in [0.25, 0.3) is 15.9 Å². The predicted octanol–water partition coefficient (Wildman–Crippen LogP) is 2.09. The van der Waals surface area contributed by atoms with Crippen LogP contribution in [0.1, 0.15) is 41.7 Å². The van der Waals surface area contributed by atoms with Crippen LogP contribution in [0.25, 0.3) is 0 Å². The summed E-state index contributed by atoms with van der Waals surface area (Å²) >= 11 is 5.84. The number of sulfonamides is 1. The van der Waals surface area contributed by atoms with Crippen molar-refractivity contribution >= 4 is 33.4 Å². The van der Waals surface area contributed by atoms with Crippen LogP contribution in [0.5, 0.6) is 5.75 Å². The number of hydrogen-bond acceptors (Lipinski definition) is 6. The lowest BCUT2D eigenvalue weighted by Crippen LogP contribution is -2.41. The largest absolute Gasteiger partial charge is 0.496 e. The third-order valence-corrected chi connectivity index (χ3v) is 5.07. The smallest absolute Gasteiger partial charge is 0.305 e. The van der Waals surface area contributed by atoms with Crippen LogP contribution in [-0.4, -0.2) is 32.9 Å². The van der Waals surface area contributed by atoms with E-state index >= 15 is 0 Å². The Bertz CT molecular complexity index is 995. The van der Waals surface area contributed by atoms with Gasteiger partial charge in [0.15, 0.2) is 5.76 Å². The number of carbonyl (C=O) groups is 2. The van der Waals surface area contributed by atoms with Crippen molar-refractivity contribution in [2.45, 2.75) is 31.4 Å². The molecule has 2 amide bonds. The fourth-order valence-corrected chi connectivity index (χ4v) is 3.65. The van der Waals surface area contributed by atoms with E-state index in [9.17, 15) is 18.0 Å². The summed E-state index contributed by atoms with van der Waals surface area (Å²) < 4.78 is 37.0. The minimum atomic E-state index is -3.93. The summed E-state index contributed by atoms with van der Waals surface area (Å²) in [6, 6.07) is 6.70. The van der Waals surface area contributed by atoms with Crippen LogP contribution >= 0.6 is 11.6 Å². The molecule has 0 unspecified atom stereocenters. The molecule has 1 aromatic heterocycles. The molecule has 0 radical (unpaired) electrons. The number of nitrogens with one attached hydrogen (secondary N) is 3. The highest BCUT2D eigenvalue weighted by Gasteiger charge is 2.26. The molecule has 9 nitrogen and oxygen atoms in total. The average molecular weight is 430 g/mol. The molecule has 152 valence electrons. The van der Waals surface area contributed by atoms with Crippen LogP contribution < -0.4 is 20.3 Å². The number of benzene rings is 1. The molecule has 2 aromatic rings. The molecule has 0 aliphatic rings. The van der Waals surface area contributed by atoms with Crippen molar-refractivity contribution in [3.05, 3.63) is 46.7 Å². The predicted molar refractivity (Wildman–Crippen MR) is 102 cm³/mol. The molecular formula is C17H20ClN3O6S. The second kappa shape index (κ2) is 8.21. The van der Waals surface area contributed by atoms with Crippen molar-refractivity contribution in [1.29, 1.82) is 0 Å². The van der Waals surface area contributed by atoms with E-state index in [1.165, 1.54) is 31.4 Å². The number of halogens is 1. The van der Waals surface area contributed by atoms with E-state index in [0.29, 0.717) is 5.02 Å². The van der Waals surface area contributed by atoms with E-state index in [0.717, 1.165) is 6.07 Å². The van der Waals surface area contributed by atoms with Gasteiger partial charge in [-0.1, -0.05) is 11.6 Å². The van der Waals surface area contributed by atoms with Gasteiger partial charge in [-0.15, -0.1) is 0 Å². The van der Waals surface area contributed by atoms with E-state index in [4.69, 9.17) is 20.8 Å². The van der Waals surface area contributed by atoms with E-state index in [1.54, 1.807) is 20.8 Å². The van der Waals surface area contributed by atoms with Gasteiger partial charge in [-0.3, -0.25) is 20.4 Å². The maximum Gasteiger partial charge on any atom is 0.305 e. The summed E-state index contributed by atoms with van der Waals surface area (Å²) in [6.07, 6.45) is 0. The first-order valence-corrected chi connectivity index (χ1v) is 9.87. The summed E-state index contributed by atoms with van der Waals surface area (Å²) in [5.41, 5.74) is 3.75. The van der Waals surface area contributed by atoms with E-state index in [-0.39, 0.29) is 17.1 Å². The third kappa shape index (κ3) is 5.47. The fraction of sp³-hybridized carbons (Fsp3) is 0.294. The number of furan rings is 1. The second-order valence-electron chi connectivity index (χ2n) is 6.73. The Morgan fingerprint density at radius 2 is 1.71 bits per heavy atom. The fourth-order valence-electron chi connectivity index (χ4n) is 2.14. The molecule has 0 bridgehead atoms. The molecular weight excluding hydrogens is 410 g/mol. The molecule has 0 aliphatic heterocycles. The van der Waals surface area contributed by atoms with Crippen LogP contribution in [0, 0.1) is 0 Å². The van der Waals surface area contributed by atoms with Gasteiger partial charge in [0.1, 0.15) is 5.75 Å². The standard InChI is InChI=1S/C17H20ClN3O6S/c1-17(2,3)21-28(24,25)14-8-7-12(27-14)16(23)20-19-15(22)11-6-5-10(18)9-13(11)26-4/h5-9,21H,1-4H3,(H,19,22)(H,20,23). The van der Waals surface area contributed by atoms with Crippen molar-refractivity contribution in [3.63, 3.8) is 0 Å². The highest BCUT2D eigenvalue weighted by molar-refractivity contribution is 7.89. The maximum absolute atomic E-state index is 12.2. The van der Waals surface area contributed by atoms with Crippen LogP contribution in [0.3, 0.4) is 0 Å². The van der Waals surface area contributed by atoms with E-state index in [2.05, 4.69) is 15.6 Å². The minimum Gasteiger partial charge on any atom is -0.496 e. The van der Waals surface area contributed by atoms with Crippen LogP contribution in [0.15, 0.2) is 39.8 Å². The summed E-state index contributed by atoms with van der Waals surface area (Å²) in [5.74, 6) is -1.56. The maximum atomic E-state index is 12.2. The highest BCUT2D eigenvalue weighted by Crippen LogP contribution is 2.23. The molecule has 2 rings (SSSR count). The zero-order chi connectivity index (χ0) is 21.1. The number of hydrazine groups is 1. The van der Waals surface area contributed by atoms with Gasteiger partial charge in [0, 0.05) is 10.6 Å². The number of hydrogen-bond donors (Lipinski definition) is 3. The van der Waals surface area contributed by atoms with Gasteiger partial charge < -0.3 is 9.15 Å². The first-order valence-electron chi connectivity index (χ1n) is 8.01. The molecule has 0 fully saturated rings. The Hall–Kier alpha value is -2.56. The summed E-state index contributed by atoms with van der Waals surface area (Å²) in [7, 11) is -2.56. The molecule has 0 atom stereocenters. The van der Waals surface area contributed by atoms with Crippen LogP contribution in [0.4, 0.5) is 0 Å². The van der Waals surface area contributed by atoms with E-state index < -0.39 is 32.5 Å². The Balaban J connectivity index is 2.07. The first kappa shape index (κ1) is 21.7. The van der Waals surface area contributed by atoms with Gasteiger partial charge in [-0.2, -0.15) is 0 Å². The van der Waals surface area contributed by atoms with Crippen molar-refractivity contribution in [1.82, 2.24) is 15.6 Å². The summed E-state index contributed by atoms with van der Waals surface area (Å²) in [5, 5.41) is -0.0381. The monoisotopic (exact) mass is 429 g/mol. The quantitative estimate of drug-likeness (QED) is 0.624. The first-order chi connectivity index (χ1) is 12.9. The molecule has 3 N–H and O–H groups in total. The van der Waals surface area contributed by atoms with Gasteiger partial charge in [0.05, 0.1) is 12.7 Å².